The van der Waals surface area contributed by atoms with Crippen LogP contribution < -0.4 is 5.32 Å². The van der Waals surface area contributed by atoms with E-state index >= 15 is 0 Å². The van der Waals surface area contributed by atoms with Crippen molar-refractivity contribution in [1.29, 1.82) is 0 Å². The first-order chi connectivity index (χ1) is 12.3. The Morgan fingerprint density at radius 2 is 1.96 bits per heavy atom. The Balaban J connectivity index is 2.13. The molecule has 1 amide bonds. The summed E-state index contributed by atoms with van der Waals surface area (Å²) >= 11 is 16.7. The van der Waals surface area contributed by atoms with Gasteiger partial charge in [-0.3, -0.25) is 4.79 Å². The Hall–Kier alpha value is -0.640. The Kier molecular flexibility index (Phi) is 7.93. The van der Waals surface area contributed by atoms with Crippen molar-refractivity contribution in [3.8, 4) is 0 Å². The summed E-state index contributed by atoms with van der Waals surface area (Å²) in [7, 11) is 1.32. The maximum absolute atomic E-state index is 12.0. The molecule has 146 valence electrons. The highest BCUT2D eigenvalue weighted by Gasteiger charge is 2.48. The second kappa shape index (κ2) is 9.52. The molecule has 1 saturated heterocycles. The summed E-state index contributed by atoms with van der Waals surface area (Å²) in [6.45, 7) is -0.243. The Bertz CT molecular complexity index is 585. The number of amides is 1. The number of hydrogen-bond acceptors (Lipinski definition) is 6. The van der Waals surface area contributed by atoms with Gasteiger partial charge < -0.3 is 29.7 Å². The standard InChI is InChI=1S/C16H20Cl3NO6/c1-24-14-11(20-15(23)16(17,18)19)12(22)13(10(7-21)26-14)25-8-9-5-3-2-4-6-9/h2-6,10-14,21-22H,7-8H2,1H3,(H,20,23)/t10-,11-,12-,13+,14-/m1/s1. The van der Waals surface area contributed by atoms with Gasteiger partial charge in [-0.1, -0.05) is 65.1 Å². The second-order valence-electron chi connectivity index (χ2n) is 5.71. The smallest absolute Gasteiger partial charge is 0.272 e. The van der Waals surface area contributed by atoms with Gasteiger partial charge in [0.2, 0.25) is 0 Å². The molecule has 7 nitrogen and oxygen atoms in total. The highest BCUT2D eigenvalue weighted by molar-refractivity contribution is 6.76. The number of carbonyl (C=O) groups excluding carboxylic acids is 1. The van der Waals surface area contributed by atoms with Crippen molar-refractivity contribution < 1.29 is 29.2 Å². The number of halogens is 3. The van der Waals surface area contributed by atoms with Crippen LogP contribution in [0.5, 0.6) is 0 Å². The van der Waals surface area contributed by atoms with Gasteiger partial charge >= 0.3 is 0 Å². The topological polar surface area (TPSA) is 97.2 Å². The zero-order valence-corrected chi connectivity index (χ0v) is 16.1. The third-order valence-electron chi connectivity index (χ3n) is 3.93. The van der Waals surface area contributed by atoms with Crippen molar-refractivity contribution in [3.63, 3.8) is 0 Å². The first kappa shape index (κ1) is 21.7. The third kappa shape index (κ3) is 5.43. The van der Waals surface area contributed by atoms with Crippen molar-refractivity contribution in [2.24, 2.45) is 0 Å². The molecule has 1 aliphatic rings. The highest BCUT2D eigenvalue weighted by Crippen LogP contribution is 2.29. The van der Waals surface area contributed by atoms with Crippen LogP contribution in [0.3, 0.4) is 0 Å². The largest absolute Gasteiger partial charge is 0.394 e. The van der Waals surface area contributed by atoms with Crippen LogP contribution in [-0.4, -0.2) is 64.3 Å². The molecular formula is C16H20Cl3NO6. The van der Waals surface area contributed by atoms with Gasteiger partial charge in [-0.15, -0.1) is 0 Å². The number of nitrogens with one attached hydrogen (secondary N) is 1. The lowest BCUT2D eigenvalue weighted by molar-refractivity contribution is -0.273. The number of alkyl halides is 3. The van der Waals surface area contributed by atoms with Gasteiger partial charge in [0, 0.05) is 7.11 Å². The first-order valence-electron chi connectivity index (χ1n) is 7.78. The van der Waals surface area contributed by atoms with E-state index in [4.69, 9.17) is 49.0 Å². The van der Waals surface area contributed by atoms with Gasteiger partial charge in [0.1, 0.15) is 24.4 Å². The van der Waals surface area contributed by atoms with Gasteiger partial charge in [0.15, 0.2) is 6.29 Å². The van der Waals surface area contributed by atoms with Crippen LogP contribution >= 0.6 is 34.8 Å². The number of aliphatic hydroxyl groups is 2. The fourth-order valence-corrected chi connectivity index (χ4v) is 2.79. The maximum Gasteiger partial charge on any atom is 0.272 e. The van der Waals surface area contributed by atoms with E-state index in [2.05, 4.69) is 5.32 Å². The summed E-state index contributed by atoms with van der Waals surface area (Å²) in [6, 6.07) is 8.20. The lowest BCUT2D eigenvalue weighted by Gasteiger charge is -2.43. The van der Waals surface area contributed by atoms with Gasteiger partial charge in [0.25, 0.3) is 9.70 Å². The van der Waals surface area contributed by atoms with Crippen molar-refractivity contribution in [2.45, 2.75) is 41.0 Å². The van der Waals surface area contributed by atoms with E-state index in [-0.39, 0.29) is 6.61 Å². The number of rotatable bonds is 6. The zero-order chi connectivity index (χ0) is 19.3. The third-order valence-corrected chi connectivity index (χ3v) is 4.44. The number of carbonyl (C=O) groups is 1. The normalized spacial score (nSPS) is 29.4. The molecule has 1 aromatic rings. The van der Waals surface area contributed by atoms with Crippen LogP contribution in [-0.2, 0) is 25.6 Å². The van der Waals surface area contributed by atoms with Crippen molar-refractivity contribution in [1.82, 2.24) is 5.32 Å². The Labute approximate surface area is 166 Å². The van der Waals surface area contributed by atoms with E-state index in [9.17, 15) is 15.0 Å². The molecule has 1 aliphatic heterocycles. The molecule has 26 heavy (non-hydrogen) atoms. The SMILES string of the molecule is CO[C@@H]1O[C@H](CO)[C@H](OCc2ccccc2)[C@H](O)[C@H]1NC(=O)C(Cl)(Cl)Cl. The van der Waals surface area contributed by atoms with E-state index in [1.54, 1.807) is 0 Å². The lowest BCUT2D eigenvalue weighted by atomic mass is 9.96. The Morgan fingerprint density at radius 3 is 2.50 bits per heavy atom. The zero-order valence-electron chi connectivity index (χ0n) is 13.8. The molecule has 5 atom stereocenters. The van der Waals surface area contributed by atoms with Crippen LogP contribution in [0.4, 0.5) is 0 Å². The monoisotopic (exact) mass is 427 g/mol. The van der Waals surface area contributed by atoms with Gasteiger partial charge in [-0.2, -0.15) is 0 Å². The van der Waals surface area contributed by atoms with Crippen LogP contribution in [0.2, 0.25) is 0 Å². The van der Waals surface area contributed by atoms with Crippen LogP contribution in [0, 0.1) is 0 Å². The molecule has 3 N–H and O–H groups in total. The number of methoxy groups -OCH3 is 1. The Morgan fingerprint density at radius 1 is 1.31 bits per heavy atom. The van der Waals surface area contributed by atoms with Crippen LogP contribution in [0.15, 0.2) is 30.3 Å². The number of ether oxygens (including phenoxy) is 3. The molecule has 0 spiro atoms. The molecular weight excluding hydrogens is 409 g/mol. The summed E-state index contributed by atoms with van der Waals surface area (Å²) in [5, 5.41) is 22.6. The minimum absolute atomic E-state index is 0.172. The number of aliphatic hydroxyl groups excluding tert-OH is 2. The van der Waals surface area contributed by atoms with Crippen molar-refractivity contribution in [2.75, 3.05) is 13.7 Å². The average Bonchev–Trinajstić information content (AvgIpc) is 2.62. The molecule has 0 radical (unpaired) electrons. The number of benzene rings is 1. The van der Waals surface area contributed by atoms with Gasteiger partial charge in [-0.05, 0) is 5.56 Å². The van der Waals surface area contributed by atoms with E-state index in [1.165, 1.54) is 7.11 Å². The molecule has 0 aromatic heterocycles. The minimum atomic E-state index is -2.22. The molecule has 0 aliphatic carbocycles. The first-order valence-corrected chi connectivity index (χ1v) is 8.91. The average molecular weight is 429 g/mol. The van der Waals surface area contributed by atoms with E-state index in [0.717, 1.165) is 5.56 Å². The van der Waals surface area contributed by atoms with E-state index < -0.39 is 47.0 Å². The summed E-state index contributed by atoms with van der Waals surface area (Å²) in [4.78, 5) is 12.0. The summed E-state index contributed by atoms with van der Waals surface area (Å²) in [5.41, 5.74) is 0.868. The molecule has 0 saturated carbocycles. The molecule has 10 heteroatoms. The molecule has 1 fully saturated rings. The predicted molar refractivity (Wildman–Crippen MR) is 96.0 cm³/mol. The number of hydrogen-bond donors (Lipinski definition) is 3. The fraction of sp³-hybridized carbons (Fsp3) is 0.562. The summed E-state index contributed by atoms with van der Waals surface area (Å²) in [6.07, 6.45) is -4.13. The molecule has 2 rings (SSSR count). The van der Waals surface area contributed by atoms with E-state index in [0.29, 0.717) is 0 Å². The van der Waals surface area contributed by atoms with Crippen LogP contribution in [0.25, 0.3) is 0 Å². The molecule has 1 heterocycles. The maximum atomic E-state index is 12.0. The highest BCUT2D eigenvalue weighted by atomic mass is 35.6. The predicted octanol–water partition coefficient (Wildman–Crippen LogP) is 1.15. The summed E-state index contributed by atoms with van der Waals surface area (Å²) < 4.78 is 14.2. The van der Waals surface area contributed by atoms with Gasteiger partial charge in [0.05, 0.1) is 13.2 Å². The molecule has 0 bridgehead atoms. The van der Waals surface area contributed by atoms with Gasteiger partial charge in [-0.25, -0.2) is 0 Å². The summed E-state index contributed by atoms with van der Waals surface area (Å²) in [5.74, 6) is -0.943. The molecule has 0 unspecified atom stereocenters. The van der Waals surface area contributed by atoms with Crippen molar-refractivity contribution in [3.05, 3.63) is 35.9 Å². The fourth-order valence-electron chi connectivity index (χ4n) is 2.63. The minimum Gasteiger partial charge on any atom is -0.394 e. The second-order valence-corrected chi connectivity index (χ2v) is 7.99. The lowest BCUT2D eigenvalue weighted by Crippen LogP contribution is -2.66. The molecule has 1 aromatic carbocycles. The quantitative estimate of drug-likeness (QED) is 0.588. The van der Waals surface area contributed by atoms with E-state index in [1.807, 2.05) is 30.3 Å². The van der Waals surface area contributed by atoms with Crippen LogP contribution in [0.1, 0.15) is 5.56 Å². The van der Waals surface area contributed by atoms with Crippen molar-refractivity contribution >= 4 is 40.7 Å².